The number of hydrogen-bond donors (Lipinski definition) is 1. The van der Waals surface area contributed by atoms with Crippen molar-refractivity contribution in [3.05, 3.63) is 29.8 Å². The van der Waals surface area contributed by atoms with Crippen molar-refractivity contribution in [2.45, 2.75) is 58.3 Å². The maximum absolute atomic E-state index is 12.0. The Labute approximate surface area is 138 Å². The second-order valence-electron chi connectivity index (χ2n) is 7.14. The van der Waals surface area contributed by atoms with Gasteiger partial charge in [0.2, 0.25) is 0 Å². The number of hydrogen-bond acceptors (Lipinski definition) is 4. The summed E-state index contributed by atoms with van der Waals surface area (Å²) in [4.78, 5) is 13.8. The summed E-state index contributed by atoms with van der Waals surface area (Å²) in [6.07, 6.45) is 1.52. The van der Waals surface area contributed by atoms with E-state index in [2.05, 4.69) is 0 Å². The topological polar surface area (TPSA) is 64.8 Å². The number of amides is 1. The first-order chi connectivity index (χ1) is 10.7. The summed E-state index contributed by atoms with van der Waals surface area (Å²) in [6, 6.07) is 7.94. The van der Waals surface area contributed by atoms with E-state index in [0.717, 1.165) is 24.2 Å². The third kappa shape index (κ3) is 5.43. The molecule has 0 radical (unpaired) electrons. The highest BCUT2D eigenvalue weighted by Crippen LogP contribution is 2.22. The van der Waals surface area contributed by atoms with Crippen molar-refractivity contribution in [3.8, 4) is 5.75 Å². The Hall–Kier alpha value is -1.75. The van der Waals surface area contributed by atoms with E-state index in [9.17, 15) is 4.79 Å². The maximum atomic E-state index is 12.0. The van der Waals surface area contributed by atoms with Crippen LogP contribution in [0.4, 0.5) is 4.79 Å². The number of carbonyl (C=O) groups is 1. The van der Waals surface area contributed by atoms with Gasteiger partial charge in [0.15, 0.2) is 0 Å². The second kappa shape index (κ2) is 7.21. The fourth-order valence-corrected chi connectivity index (χ4v) is 2.53. The predicted molar refractivity (Wildman–Crippen MR) is 90.5 cm³/mol. The van der Waals surface area contributed by atoms with Gasteiger partial charge in [0.1, 0.15) is 17.5 Å². The molecule has 1 amide bonds. The van der Waals surface area contributed by atoms with Gasteiger partial charge < -0.3 is 20.1 Å². The van der Waals surface area contributed by atoms with Crippen molar-refractivity contribution < 1.29 is 14.3 Å². The molecule has 2 N–H and O–H groups in total. The molecule has 5 nitrogen and oxygen atoms in total. The number of likely N-dealkylation sites (tertiary alicyclic amines) is 1. The Balaban J connectivity index is 1.81. The van der Waals surface area contributed by atoms with Crippen molar-refractivity contribution >= 4 is 6.09 Å². The second-order valence-corrected chi connectivity index (χ2v) is 7.14. The molecule has 0 bridgehead atoms. The molecule has 23 heavy (non-hydrogen) atoms. The van der Waals surface area contributed by atoms with E-state index < -0.39 is 5.60 Å². The minimum absolute atomic E-state index is 0.0288. The average Bonchev–Trinajstić information content (AvgIpc) is 2.46. The molecule has 128 valence electrons. The van der Waals surface area contributed by atoms with E-state index in [1.54, 1.807) is 4.90 Å². The van der Waals surface area contributed by atoms with E-state index in [-0.39, 0.29) is 18.2 Å². The minimum Gasteiger partial charge on any atom is -0.490 e. The number of rotatable bonds is 3. The summed E-state index contributed by atoms with van der Waals surface area (Å²) in [5.74, 6) is 0.852. The molecule has 0 unspecified atom stereocenters. The Kier molecular flexibility index (Phi) is 5.52. The summed E-state index contributed by atoms with van der Waals surface area (Å²) >= 11 is 0. The molecule has 1 aromatic carbocycles. The van der Waals surface area contributed by atoms with Crippen molar-refractivity contribution in [1.82, 2.24) is 4.90 Å². The van der Waals surface area contributed by atoms with Crippen LogP contribution in [-0.4, -0.2) is 35.8 Å². The van der Waals surface area contributed by atoms with Crippen LogP contribution in [0.2, 0.25) is 0 Å². The summed E-state index contributed by atoms with van der Waals surface area (Å²) in [7, 11) is 0. The van der Waals surface area contributed by atoms with Gasteiger partial charge in [0, 0.05) is 32.0 Å². The zero-order valence-corrected chi connectivity index (χ0v) is 14.5. The third-order valence-electron chi connectivity index (χ3n) is 3.80. The molecule has 1 saturated heterocycles. The van der Waals surface area contributed by atoms with Gasteiger partial charge in [-0.1, -0.05) is 12.1 Å². The Bertz CT molecular complexity index is 512. The molecule has 0 saturated carbocycles. The summed E-state index contributed by atoms with van der Waals surface area (Å²) in [6.45, 7) is 8.93. The molecule has 1 heterocycles. The summed E-state index contributed by atoms with van der Waals surface area (Å²) in [5.41, 5.74) is 6.49. The lowest BCUT2D eigenvalue weighted by atomic mass is 10.1. The monoisotopic (exact) mass is 320 g/mol. The van der Waals surface area contributed by atoms with Crippen LogP contribution in [0.5, 0.6) is 5.75 Å². The fraction of sp³-hybridized carbons (Fsp3) is 0.611. The van der Waals surface area contributed by atoms with Crippen LogP contribution < -0.4 is 10.5 Å². The van der Waals surface area contributed by atoms with Gasteiger partial charge in [-0.3, -0.25) is 0 Å². The molecule has 0 aromatic heterocycles. The smallest absolute Gasteiger partial charge is 0.410 e. The minimum atomic E-state index is -0.452. The zero-order chi connectivity index (χ0) is 17.0. The lowest BCUT2D eigenvalue weighted by Gasteiger charge is -2.33. The van der Waals surface area contributed by atoms with Crippen molar-refractivity contribution in [2.24, 2.45) is 5.73 Å². The van der Waals surface area contributed by atoms with Crippen LogP contribution in [0.25, 0.3) is 0 Å². The van der Waals surface area contributed by atoms with E-state index in [1.165, 1.54) is 0 Å². The highest BCUT2D eigenvalue weighted by atomic mass is 16.6. The van der Waals surface area contributed by atoms with Crippen LogP contribution >= 0.6 is 0 Å². The SMILES string of the molecule is C[C@@H](N)c1ccc(OC2CCN(C(=O)OC(C)(C)C)CC2)cc1. The lowest BCUT2D eigenvalue weighted by molar-refractivity contribution is 0.0126. The molecule has 5 heteroatoms. The van der Waals surface area contributed by atoms with Gasteiger partial charge >= 0.3 is 6.09 Å². The van der Waals surface area contributed by atoms with Gasteiger partial charge in [-0.25, -0.2) is 4.79 Å². The summed E-state index contributed by atoms with van der Waals surface area (Å²) < 4.78 is 11.4. The van der Waals surface area contributed by atoms with Crippen LogP contribution in [0, 0.1) is 0 Å². The first-order valence-electron chi connectivity index (χ1n) is 8.25. The molecule has 1 atom stereocenters. The molecule has 1 aromatic rings. The van der Waals surface area contributed by atoms with Crippen LogP contribution in [0.1, 0.15) is 52.1 Å². The van der Waals surface area contributed by atoms with E-state index >= 15 is 0 Å². The largest absolute Gasteiger partial charge is 0.490 e. The Morgan fingerprint density at radius 2 is 1.78 bits per heavy atom. The van der Waals surface area contributed by atoms with Gasteiger partial charge in [0.25, 0.3) is 0 Å². The lowest BCUT2D eigenvalue weighted by Crippen LogP contribution is -2.44. The van der Waals surface area contributed by atoms with E-state index in [1.807, 2.05) is 52.0 Å². The fourth-order valence-electron chi connectivity index (χ4n) is 2.53. The van der Waals surface area contributed by atoms with Crippen molar-refractivity contribution in [2.75, 3.05) is 13.1 Å². The number of nitrogens with two attached hydrogens (primary N) is 1. The predicted octanol–water partition coefficient (Wildman–Crippen LogP) is 3.48. The highest BCUT2D eigenvalue weighted by molar-refractivity contribution is 5.68. The normalized spacial score (nSPS) is 17.7. The van der Waals surface area contributed by atoms with E-state index in [4.69, 9.17) is 15.2 Å². The molecule has 1 fully saturated rings. The molecule has 1 aliphatic rings. The van der Waals surface area contributed by atoms with Crippen molar-refractivity contribution in [3.63, 3.8) is 0 Å². The maximum Gasteiger partial charge on any atom is 0.410 e. The van der Waals surface area contributed by atoms with Gasteiger partial charge in [-0.15, -0.1) is 0 Å². The van der Waals surface area contributed by atoms with Crippen LogP contribution in [0.15, 0.2) is 24.3 Å². The number of benzene rings is 1. The van der Waals surface area contributed by atoms with Crippen molar-refractivity contribution in [1.29, 1.82) is 0 Å². The molecular formula is C18H28N2O3. The first kappa shape index (κ1) is 17.6. The van der Waals surface area contributed by atoms with E-state index in [0.29, 0.717) is 13.1 Å². The standard InChI is InChI=1S/C18H28N2O3/c1-13(19)14-5-7-15(8-6-14)22-16-9-11-20(12-10-16)17(21)23-18(2,3)4/h5-8,13,16H,9-12,19H2,1-4H3/t13-/m1/s1. The molecular weight excluding hydrogens is 292 g/mol. The molecule has 0 spiro atoms. The number of piperidine rings is 1. The van der Waals surface area contributed by atoms with Gasteiger partial charge in [-0.2, -0.15) is 0 Å². The number of carbonyl (C=O) groups excluding carboxylic acids is 1. The third-order valence-corrected chi connectivity index (χ3v) is 3.80. The highest BCUT2D eigenvalue weighted by Gasteiger charge is 2.27. The van der Waals surface area contributed by atoms with Gasteiger partial charge in [-0.05, 0) is 45.4 Å². The Morgan fingerprint density at radius 1 is 1.22 bits per heavy atom. The zero-order valence-electron chi connectivity index (χ0n) is 14.5. The van der Waals surface area contributed by atoms with Crippen LogP contribution in [0.3, 0.4) is 0 Å². The Morgan fingerprint density at radius 3 is 2.26 bits per heavy atom. The molecule has 0 aliphatic carbocycles. The van der Waals surface area contributed by atoms with Crippen LogP contribution in [-0.2, 0) is 4.74 Å². The molecule has 1 aliphatic heterocycles. The number of ether oxygens (including phenoxy) is 2. The van der Waals surface area contributed by atoms with Gasteiger partial charge in [0.05, 0.1) is 0 Å². The number of nitrogens with zero attached hydrogens (tertiary/aromatic N) is 1. The quantitative estimate of drug-likeness (QED) is 0.926. The first-order valence-corrected chi connectivity index (χ1v) is 8.25. The molecule has 2 rings (SSSR count). The summed E-state index contributed by atoms with van der Waals surface area (Å²) in [5, 5.41) is 0. The average molecular weight is 320 g/mol.